The number of hydrogen-bond donors (Lipinski definition) is 1. The van der Waals surface area contributed by atoms with Crippen LogP contribution in [-0.4, -0.2) is 18.5 Å². The summed E-state index contributed by atoms with van der Waals surface area (Å²) < 4.78 is 1.000. The number of nitrogen functional groups attached to an aromatic ring is 1. The summed E-state index contributed by atoms with van der Waals surface area (Å²) in [6.07, 6.45) is 2.82. The minimum atomic E-state index is 0.809. The zero-order chi connectivity index (χ0) is 10.8. The second-order valence-corrected chi connectivity index (χ2v) is 5.35. The van der Waals surface area contributed by atoms with Crippen LogP contribution in [0.25, 0.3) is 0 Å². The van der Waals surface area contributed by atoms with E-state index >= 15 is 0 Å². The Labute approximate surface area is 99.6 Å². The van der Waals surface area contributed by atoms with Crippen LogP contribution in [0.3, 0.4) is 0 Å². The Morgan fingerprint density at radius 1 is 1.47 bits per heavy atom. The zero-order valence-corrected chi connectivity index (χ0v) is 10.6. The van der Waals surface area contributed by atoms with Gasteiger partial charge in [-0.2, -0.15) is 0 Å². The Bertz CT molecular complexity index is 347. The van der Waals surface area contributed by atoms with E-state index < -0.39 is 0 Å². The molecule has 0 unspecified atom stereocenters. The van der Waals surface area contributed by atoms with Crippen LogP contribution in [0.2, 0.25) is 0 Å². The Kier molecular flexibility index (Phi) is 3.32. The quantitative estimate of drug-likeness (QED) is 0.852. The molecule has 2 N–H and O–H groups in total. The molecule has 1 saturated carbocycles. The van der Waals surface area contributed by atoms with Crippen LogP contribution in [0.4, 0.5) is 5.69 Å². The molecule has 82 valence electrons. The molecule has 1 aromatic carbocycles. The zero-order valence-electron chi connectivity index (χ0n) is 9.04. The van der Waals surface area contributed by atoms with Crippen molar-refractivity contribution < 1.29 is 0 Å². The van der Waals surface area contributed by atoms with Gasteiger partial charge in [-0.3, -0.25) is 0 Å². The average molecular weight is 269 g/mol. The summed E-state index contributed by atoms with van der Waals surface area (Å²) in [5.41, 5.74) is 7.88. The van der Waals surface area contributed by atoms with Crippen LogP contribution < -0.4 is 5.73 Å². The molecule has 1 aliphatic carbocycles. The Morgan fingerprint density at radius 3 is 2.80 bits per heavy atom. The first-order valence-corrected chi connectivity index (χ1v) is 6.17. The molecular weight excluding hydrogens is 252 g/mol. The van der Waals surface area contributed by atoms with Crippen LogP contribution in [-0.2, 0) is 6.54 Å². The first-order valence-electron chi connectivity index (χ1n) is 5.37. The lowest BCUT2D eigenvalue weighted by Gasteiger charge is -2.16. The molecule has 0 amide bonds. The lowest BCUT2D eigenvalue weighted by atomic mass is 10.2. The van der Waals surface area contributed by atoms with Crippen LogP contribution in [0.1, 0.15) is 18.4 Å². The van der Waals surface area contributed by atoms with E-state index in [9.17, 15) is 0 Å². The van der Waals surface area contributed by atoms with E-state index in [4.69, 9.17) is 5.73 Å². The van der Waals surface area contributed by atoms with Crippen LogP contribution in [0.15, 0.2) is 22.7 Å². The lowest BCUT2D eigenvalue weighted by molar-refractivity contribution is 0.313. The summed E-state index contributed by atoms with van der Waals surface area (Å²) >= 11 is 3.46. The molecule has 0 radical (unpaired) electrons. The van der Waals surface area contributed by atoms with E-state index in [0.29, 0.717) is 0 Å². The molecule has 1 fully saturated rings. The second kappa shape index (κ2) is 4.54. The average Bonchev–Trinajstić information content (AvgIpc) is 2.95. The van der Waals surface area contributed by atoms with Gasteiger partial charge in [0.05, 0.1) is 0 Å². The minimum Gasteiger partial charge on any atom is -0.398 e. The van der Waals surface area contributed by atoms with Crippen LogP contribution in [0.5, 0.6) is 0 Å². The Hall–Kier alpha value is -0.540. The molecular formula is C12H17BrN2. The highest BCUT2D eigenvalue weighted by Gasteiger charge is 2.22. The smallest absolute Gasteiger partial charge is 0.0458 e. The molecule has 0 heterocycles. The van der Waals surface area contributed by atoms with Crippen molar-refractivity contribution in [3.63, 3.8) is 0 Å². The molecule has 0 spiro atoms. The van der Waals surface area contributed by atoms with Crippen LogP contribution in [0, 0.1) is 5.92 Å². The van der Waals surface area contributed by atoms with E-state index in [0.717, 1.165) is 22.6 Å². The molecule has 0 atom stereocenters. The summed E-state index contributed by atoms with van der Waals surface area (Å²) in [5, 5.41) is 0. The molecule has 2 nitrogen and oxygen atoms in total. The topological polar surface area (TPSA) is 29.3 Å². The maximum Gasteiger partial charge on any atom is 0.0458 e. The second-order valence-electron chi connectivity index (χ2n) is 4.50. The van der Waals surface area contributed by atoms with Gasteiger partial charge in [-0.1, -0.05) is 6.07 Å². The normalized spacial score (nSPS) is 15.9. The summed E-state index contributed by atoms with van der Waals surface area (Å²) in [5.74, 6) is 0.951. The predicted octanol–water partition coefficient (Wildman–Crippen LogP) is 2.87. The molecule has 2 rings (SSSR count). The van der Waals surface area contributed by atoms with Gasteiger partial charge >= 0.3 is 0 Å². The fraction of sp³-hybridized carbons (Fsp3) is 0.500. The van der Waals surface area contributed by atoms with Crippen molar-refractivity contribution in [3.05, 3.63) is 28.2 Å². The highest BCUT2D eigenvalue weighted by atomic mass is 79.9. The van der Waals surface area contributed by atoms with E-state index in [2.05, 4.69) is 40.0 Å². The first-order chi connectivity index (χ1) is 7.15. The third-order valence-corrected chi connectivity index (χ3v) is 3.47. The van der Waals surface area contributed by atoms with Crippen molar-refractivity contribution in [3.8, 4) is 0 Å². The summed E-state index contributed by atoms with van der Waals surface area (Å²) in [6, 6.07) is 6.17. The van der Waals surface area contributed by atoms with Crippen molar-refractivity contribution in [2.75, 3.05) is 19.3 Å². The number of anilines is 1. The van der Waals surface area contributed by atoms with Gasteiger partial charge < -0.3 is 10.6 Å². The summed E-state index contributed by atoms with van der Waals surface area (Å²) in [6.45, 7) is 2.23. The van der Waals surface area contributed by atoms with Crippen molar-refractivity contribution in [2.24, 2.45) is 5.92 Å². The van der Waals surface area contributed by atoms with Crippen molar-refractivity contribution >= 4 is 21.6 Å². The molecule has 15 heavy (non-hydrogen) atoms. The predicted molar refractivity (Wildman–Crippen MR) is 67.6 cm³/mol. The number of nitrogens with two attached hydrogens (primary N) is 1. The molecule has 0 aromatic heterocycles. The van der Waals surface area contributed by atoms with Crippen molar-refractivity contribution in [2.45, 2.75) is 19.4 Å². The maximum absolute atomic E-state index is 5.75. The molecule has 1 aliphatic rings. The van der Waals surface area contributed by atoms with E-state index in [1.165, 1.54) is 24.9 Å². The highest BCUT2D eigenvalue weighted by molar-refractivity contribution is 9.10. The molecule has 3 heteroatoms. The summed E-state index contributed by atoms with van der Waals surface area (Å²) in [4.78, 5) is 2.38. The van der Waals surface area contributed by atoms with E-state index in [1.54, 1.807) is 0 Å². The number of benzene rings is 1. The van der Waals surface area contributed by atoms with E-state index in [-0.39, 0.29) is 0 Å². The number of hydrogen-bond acceptors (Lipinski definition) is 2. The fourth-order valence-electron chi connectivity index (χ4n) is 1.79. The van der Waals surface area contributed by atoms with Crippen molar-refractivity contribution in [1.82, 2.24) is 4.90 Å². The van der Waals surface area contributed by atoms with Gasteiger partial charge in [0.2, 0.25) is 0 Å². The van der Waals surface area contributed by atoms with Gasteiger partial charge in [0, 0.05) is 23.2 Å². The first kappa shape index (κ1) is 11.0. The standard InChI is InChI=1S/C12H17BrN2/c1-15(7-9-2-3-9)8-10-4-5-12(14)11(13)6-10/h4-6,9H,2-3,7-8,14H2,1H3. The lowest BCUT2D eigenvalue weighted by Crippen LogP contribution is -2.20. The van der Waals surface area contributed by atoms with Gasteiger partial charge in [-0.05, 0) is 59.4 Å². The number of rotatable bonds is 4. The number of nitrogens with zero attached hydrogens (tertiary/aromatic N) is 1. The largest absolute Gasteiger partial charge is 0.398 e. The third-order valence-electron chi connectivity index (χ3n) is 2.78. The van der Waals surface area contributed by atoms with E-state index in [1.807, 2.05) is 6.07 Å². The van der Waals surface area contributed by atoms with Gasteiger partial charge in [-0.25, -0.2) is 0 Å². The molecule has 1 aromatic rings. The summed E-state index contributed by atoms with van der Waals surface area (Å²) in [7, 11) is 2.18. The van der Waals surface area contributed by atoms with Gasteiger partial charge in [0.15, 0.2) is 0 Å². The van der Waals surface area contributed by atoms with Crippen LogP contribution >= 0.6 is 15.9 Å². The number of halogens is 1. The molecule has 0 bridgehead atoms. The Morgan fingerprint density at radius 2 is 2.20 bits per heavy atom. The monoisotopic (exact) mass is 268 g/mol. The van der Waals surface area contributed by atoms with Crippen molar-refractivity contribution in [1.29, 1.82) is 0 Å². The van der Waals surface area contributed by atoms with Gasteiger partial charge in [-0.15, -0.1) is 0 Å². The molecule has 0 aliphatic heterocycles. The third kappa shape index (κ3) is 3.21. The maximum atomic E-state index is 5.75. The Balaban J connectivity index is 1.93. The molecule has 0 saturated heterocycles. The van der Waals surface area contributed by atoms with Gasteiger partial charge in [0.1, 0.15) is 0 Å². The highest BCUT2D eigenvalue weighted by Crippen LogP contribution is 2.30. The fourth-order valence-corrected chi connectivity index (χ4v) is 2.21. The minimum absolute atomic E-state index is 0.809. The van der Waals surface area contributed by atoms with Gasteiger partial charge in [0.25, 0.3) is 0 Å². The SMILES string of the molecule is CN(Cc1ccc(N)c(Br)c1)CC1CC1.